The summed E-state index contributed by atoms with van der Waals surface area (Å²) < 4.78 is 73.6. The van der Waals surface area contributed by atoms with Gasteiger partial charge in [-0.3, -0.25) is 14.8 Å². The fourth-order valence-corrected chi connectivity index (χ4v) is 10.8. The monoisotopic (exact) mass is 720 g/mol. The van der Waals surface area contributed by atoms with Crippen LogP contribution in [0.2, 0.25) is 0 Å². The Labute approximate surface area is 295 Å². The predicted molar refractivity (Wildman–Crippen MR) is 184 cm³/mol. The second-order valence-corrected chi connectivity index (χ2v) is 20.0. The van der Waals surface area contributed by atoms with Crippen LogP contribution in [-0.4, -0.2) is 59.1 Å². The van der Waals surface area contributed by atoms with Crippen LogP contribution in [0.25, 0.3) is 0 Å². The number of rotatable bonds is 6. The molecule has 3 aliphatic heterocycles. The van der Waals surface area contributed by atoms with Crippen LogP contribution in [0.15, 0.2) is 18.3 Å². The Bertz CT molecular complexity index is 1600. The van der Waals surface area contributed by atoms with Crippen LogP contribution < -0.4 is 0 Å². The number of nitrogens with zero attached hydrogens (tertiary/aromatic N) is 2. The minimum absolute atomic E-state index is 0.0241. The van der Waals surface area contributed by atoms with E-state index in [4.69, 9.17) is 28.1 Å². The molecule has 2 saturated heterocycles. The van der Waals surface area contributed by atoms with E-state index in [2.05, 4.69) is 38.9 Å². The van der Waals surface area contributed by atoms with E-state index in [9.17, 15) is 18.0 Å². The molecule has 3 fully saturated rings. The lowest BCUT2D eigenvalue weighted by molar-refractivity contribution is -0.166. The van der Waals surface area contributed by atoms with Gasteiger partial charge in [0.1, 0.15) is 12.2 Å². The Hall–Kier alpha value is -2.25. The van der Waals surface area contributed by atoms with E-state index in [1.807, 2.05) is 0 Å². The van der Waals surface area contributed by atoms with E-state index in [0.29, 0.717) is 51.4 Å². The highest BCUT2D eigenvalue weighted by molar-refractivity contribution is 8.30. The van der Waals surface area contributed by atoms with Crippen LogP contribution in [0.1, 0.15) is 150 Å². The summed E-state index contributed by atoms with van der Waals surface area (Å²) in [5.74, 6) is 0.548. The molecule has 1 unspecified atom stereocenters. The molecule has 2 aliphatic carbocycles. The summed E-state index contributed by atoms with van der Waals surface area (Å²) in [6, 6.07) is 2.53. The zero-order valence-corrected chi connectivity index (χ0v) is 30.9. The zero-order chi connectivity index (χ0) is 35.7. The number of hydrogen-bond acceptors (Lipinski definition) is 8. The molecule has 4 atom stereocenters. The number of halogens is 3. The first-order valence-electron chi connectivity index (χ1n) is 18.2. The van der Waals surface area contributed by atoms with Gasteiger partial charge in [0.05, 0.1) is 34.4 Å². The molecule has 0 N–H and O–H groups in total. The smallest absolute Gasteiger partial charge is 0.417 e. The molecule has 2 aromatic heterocycles. The third kappa shape index (κ3) is 6.08. The molecule has 0 bridgehead atoms. The van der Waals surface area contributed by atoms with Crippen molar-refractivity contribution < 1.29 is 41.1 Å². The second kappa shape index (κ2) is 13.0. The first-order chi connectivity index (χ1) is 23.6. The van der Waals surface area contributed by atoms with Crippen molar-refractivity contribution in [2.24, 2.45) is 5.41 Å². The van der Waals surface area contributed by atoms with Crippen LogP contribution in [0.3, 0.4) is 0 Å². The Morgan fingerprint density at radius 3 is 2.22 bits per heavy atom. The number of pyridine rings is 2. The number of carbonyl (C=O) groups is 1. The maximum atomic E-state index is 13.7. The third-order valence-corrected chi connectivity index (χ3v) is 16.6. The lowest BCUT2D eigenvalue weighted by Gasteiger charge is -2.56. The molecule has 2 aromatic rings. The molecule has 1 saturated carbocycles. The number of aromatic nitrogens is 2. The Morgan fingerprint density at radius 1 is 1.00 bits per heavy atom. The molecule has 12 heteroatoms. The molecular formula is C38H51F3N2O6S. The number of fused-ring (bicyclic) bond motifs is 4. The fraction of sp³-hybridized carbons (Fsp3) is 0.711. The number of esters is 1. The van der Waals surface area contributed by atoms with Gasteiger partial charge in [0.2, 0.25) is 0 Å². The van der Waals surface area contributed by atoms with Gasteiger partial charge in [-0.1, -0.05) is 34.1 Å². The largest absolute Gasteiger partial charge is 0.455 e. The van der Waals surface area contributed by atoms with E-state index >= 15 is 0 Å². The Morgan fingerprint density at radius 2 is 1.68 bits per heavy atom. The molecule has 0 aromatic carbocycles. The van der Waals surface area contributed by atoms with Gasteiger partial charge in [0.25, 0.3) is 0 Å². The maximum absolute atomic E-state index is 13.7. The number of hydrogen-bond donors (Lipinski definition) is 0. The molecule has 276 valence electrons. The fourth-order valence-electron chi connectivity index (χ4n) is 8.86. The van der Waals surface area contributed by atoms with Crippen LogP contribution >= 0.6 is 10.3 Å². The molecule has 2 spiro atoms. The van der Waals surface area contributed by atoms with Gasteiger partial charge in [0, 0.05) is 79.6 Å². The van der Waals surface area contributed by atoms with Gasteiger partial charge in [0.15, 0.2) is 0 Å². The first-order valence-corrected chi connectivity index (χ1v) is 20.3. The maximum Gasteiger partial charge on any atom is 0.417 e. The van der Waals surface area contributed by atoms with Gasteiger partial charge >= 0.3 is 12.1 Å². The second-order valence-electron chi connectivity index (χ2n) is 15.9. The van der Waals surface area contributed by atoms with Crippen molar-refractivity contribution in [1.29, 1.82) is 0 Å². The minimum atomic E-state index is -4.51. The van der Waals surface area contributed by atoms with Crippen LogP contribution in [0.5, 0.6) is 0 Å². The van der Waals surface area contributed by atoms with E-state index in [0.717, 1.165) is 78.2 Å². The summed E-state index contributed by atoms with van der Waals surface area (Å²) >= 11 is 0. The zero-order valence-electron chi connectivity index (χ0n) is 30.1. The van der Waals surface area contributed by atoms with Crippen molar-refractivity contribution in [2.45, 2.75) is 127 Å². The summed E-state index contributed by atoms with van der Waals surface area (Å²) in [4.78, 5) is 22.8. The summed E-state index contributed by atoms with van der Waals surface area (Å²) in [6.07, 6.45) is 3.22. The van der Waals surface area contributed by atoms with Crippen molar-refractivity contribution in [3.05, 3.63) is 57.7 Å². The van der Waals surface area contributed by atoms with Gasteiger partial charge < -0.3 is 23.1 Å². The average molecular weight is 721 g/mol. The number of carbonyl (C=O) groups excluding carboxylic acids is 1. The highest BCUT2D eigenvalue weighted by atomic mass is 32.3. The molecular weight excluding hydrogens is 669 g/mol. The van der Waals surface area contributed by atoms with E-state index < -0.39 is 39.9 Å². The lowest BCUT2D eigenvalue weighted by atomic mass is 9.57. The first kappa shape index (κ1) is 36.1. The summed E-state index contributed by atoms with van der Waals surface area (Å²) in [7, 11) is -1.62. The Kier molecular flexibility index (Phi) is 9.39. The highest BCUT2D eigenvalue weighted by Gasteiger charge is 2.59. The quantitative estimate of drug-likeness (QED) is 0.274. The predicted octanol–water partition coefficient (Wildman–Crippen LogP) is 8.92. The van der Waals surface area contributed by atoms with Crippen LogP contribution in [-0.2, 0) is 39.7 Å². The van der Waals surface area contributed by atoms with Crippen LogP contribution in [0, 0.1) is 5.41 Å². The van der Waals surface area contributed by atoms with Crippen molar-refractivity contribution in [2.75, 3.05) is 38.4 Å². The summed E-state index contributed by atoms with van der Waals surface area (Å²) in [6.45, 7) is 12.5. The van der Waals surface area contributed by atoms with Gasteiger partial charge in [-0.05, 0) is 61.8 Å². The molecule has 0 amide bonds. The van der Waals surface area contributed by atoms with Crippen molar-refractivity contribution >= 4 is 16.3 Å². The molecule has 0 radical (unpaired) electrons. The molecule has 50 heavy (non-hydrogen) atoms. The lowest BCUT2D eigenvalue weighted by Crippen LogP contribution is -2.46. The number of ether oxygens (including phenoxy) is 4. The minimum Gasteiger partial charge on any atom is -0.455 e. The topological polar surface area (TPSA) is 89.0 Å². The SMILES string of the molecule is CCS(C)(O[C@H]1CC2(CCC2)[C@@H](OC(C)=O)c2nc(C3CCOCC3)c3c(c21)C1(CCOCC1)O[C@@H]3c1ccc(C(F)(F)F)cn1)C(C)(C)C. The standard InChI is InChI=1S/C38H51F3N2O6S/c1-7-50(6,35(3,4)5)49-27-21-36(13-8-14-36)34(47-23(2)44)32-28(27)30-29(31(43-32)24-11-17-45-18-12-24)33(48-37(30)15-19-46-20-16-37)26-10-9-25(22-42-26)38(39,40)41/h9-10,22,24,27,33-34H,7-8,11-21H2,1-6H3/t27-,33+,34-/m0/s1. The van der Waals surface area contributed by atoms with Crippen LogP contribution in [0.4, 0.5) is 13.2 Å². The van der Waals surface area contributed by atoms with Gasteiger partial charge in [-0.25, -0.2) is 0 Å². The number of alkyl halides is 3. The molecule has 5 heterocycles. The normalized spacial score (nSPS) is 28.0. The van der Waals surface area contributed by atoms with Gasteiger partial charge in [-0.2, -0.15) is 13.2 Å². The molecule has 8 nitrogen and oxygen atoms in total. The van der Waals surface area contributed by atoms with E-state index in [-0.39, 0.29) is 28.2 Å². The van der Waals surface area contributed by atoms with Gasteiger partial charge in [-0.15, -0.1) is 10.3 Å². The summed E-state index contributed by atoms with van der Waals surface area (Å²) in [5.41, 5.74) is 2.95. The molecule has 7 rings (SSSR count). The molecule has 5 aliphatic rings. The Balaban J connectivity index is 1.52. The van der Waals surface area contributed by atoms with Crippen molar-refractivity contribution in [1.82, 2.24) is 9.97 Å². The van der Waals surface area contributed by atoms with E-state index in [1.165, 1.54) is 13.0 Å². The highest BCUT2D eigenvalue weighted by Crippen LogP contribution is 2.69. The average Bonchev–Trinajstić information content (AvgIpc) is 3.37. The van der Waals surface area contributed by atoms with Crippen molar-refractivity contribution in [3.63, 3.8) is 0 Å². The summed E-state index contributed by atoms with van der Waals surface area (Å²) in [5, 5.41) is 0. The van der Waals surface area contributed by atoms with Crippen molar-refractivity contribution in [3.8, 4) is 0 Å². The third-order valence-electron chi connectivity index (χ3n) is 12.2. The van der Waals surface area contributed by atoms with E-state index in [1.54, 1.807) is 0 Å².